The number of methoxy groups -OCH3 is 1. The number of benzene rings is 2. The Bertz CT molecular complexity index is 646. The van der Waals surface area contributed by atoms with Gasteiger partial charge >= 0.3 is 0 Å². The highest BCUT2D eigenvalue weighted by Crippen LogP contribution is 2.35. The van der Waals surface area contributed by atoms with Gasteiger partial charge in [0.15, 0.2) is 0 Å². The average Bonchev–Trinajstić information content (AvgIpc) is 2.40. The van der Waals surface area contributed by atoms with Gasteiger partial charge in [-0.25, -0.2) is 4.39 Å². The molecule has 0 saturated heterocycles. The van der Waals surface area contributed by atoms with Crippen LogP contribution in [0.25, 0.3) is 0 Å². The van der Waals surface area contributed by atoms with Gasteiger partial charge in [0.1, 0.15) is 11.6 Å². The second-order valence-electron chi connectivity index (χ2n) is 4.51. The molecule has 2 rings (SSSR count). The zero-order valence-electron chi connectivity index (χ0n) is 11.1. The van der Waals surface area contributed by atoms with Crippen LogP contribution in [0.15, 0.2) is 30.3 Å². The summed E-state index contributed by atoms with van der Waals surface area (Å²) in [5, 5.41) is 0.772. The van der Waals surface area contributed by atoms with Crippen LogP contribution in [0.5, 0.6) is 5.75 Å². The van der Waals surface area contributed by atoms with Crippen molar-refractivity contribution in [1.29, 1.82) is 0 Å². The lowest BCUT2D eigenvalue weighted by atomic mass is 9.98. The minimum Gasteiger partial charge on any atom is -0.495 e. The summed E-state index contributed by atoms with van der Waals surface area (Å²) < 4.78 is 19.1. The third-order valence-corrected chi connectivity index (χ3v) is 3.72. The van der Waals surface area contributed by atoms with E-state index in [1.54, 1.807) is 24.3 Å². The number of aryl methyl sites for hydroxylation is 1. The Morgan fingerprint density at radius 2 is 1.80 bits per heavy atom. The van der Waals surface area contributed by atoms with E-state index in [1.807, 2.05) is 6.92 Å². The molecule has 2 aromatic rings. The topological polar surface area (TPSA) is 35.2 Å². The molecule has 20 heavy (non-hydrogen) atoms. The first-order chi connectivity index (χ1) is 9.43. The van der Waals surface area contributed by atoms with Crippen molar-refractivity contribution < 1.29 is 9.13 Å². The van der Waals surface area contributed by atoms with Crippen molar-refractivity contribution in [1.82, 2.24) is 0 Å². The van der Waals surface area contributed by atoms with Crippen LogP contribution in [0.4, 0.5) is 4.39 Å². The minimum absolute atomic E-state index is 0.361. The fourth-order valence-electron chi connectivity index (χ4n) is 1.99. The van der Waals surface area contributed by atoms with Gasteiger partial charge in [0.05, 0.1) is 18.2 Å². The highest BCUT2D eigenvalue weighted by atomic mass is 35.5. The van der Waals surface area contributed by atoms with E-state index >= 15 is 0 Å². The molecule has 106 valence electrons. The van der Waals surface area contributed by atoms with Gasteiger partial charge in [0.25, 0.3) is 0 Å². The Balaban J connectivity index is 2.48. The smallest absolute Gasteiger partial charge is 0.138 e. The lowest BCUT2D eigenvalue weighted by molar-refractivity contribution is 0.415. The SMILES string of the molecule is COc1cc(Cl)c(C(N)c2ccc(C)cc2F)cc1Cl. The number of halogens is 3. The molecular weight excluding hydrogens is 300 g/mol. The molecule has 5 heteroatoms. The van der Waals surface area contributed by atoms with Gasteiger partial charge in [0.2, 0.25) is 0 Å². The second kappa shape index (κ2) is 6.00. The molecule has 0 fully saturated rings. The zero-order valence-corrected chi connectivity index (χ0v) is 12.6. The van der Waals surface area contributed by atoms with Crippen molar-refractivity contribution in [2.45, 2.75) is 13.0 Å². The first kappa shape index (κ1) is 15.1. The zero-order chi connectivity index (χ0) is 14.9. The summed E-state index contributed by atoms with van der Waals surface area (Å²) in [6.07, 6.45) is 0. The van der Waals surface area contributed by atoms with E-state index in [2.05, 4.69) is 0 Å². The summed E-state index contributed by atoms with van der Waals surface area (Å²) >= 11 is 12.2. The summed E-state index contributed by atoms with van der Waals surface area (Å²) in [5.74, 6) is 0.0949. The van der Waals surface area contributed by atoms with E-state index in [-0.39, 0.29) is 5.82 Å². The third kappa shape index (κ3) is 2.90. The molecule has 0 bridgehead atoms. The van der Waals surface area contributed by atoms with Crippen molar-refractivity contribution in [3.8, 4) is 5.75 Å². The van der Waals surface area contributed by atoms with Crippen molar-refractivity contribution in [3.05, 3.63) is 62.9 Å². The molecule has 2 N–H and O–H groups in total. The summed E-state index contributed by atoms with van der Waals surface area (Å²) in [5.41, 5.74) is 7.86. The Morgan fingerprint density at radius 3 is 2.40 bits per heavy atom. The van der Waals surface area contributed by atoms with E-state index < -0.39 is 6.04 Å². The van der Waals surface area contributed by atoms with E-state index in [1.165, 1.54) is 13.2 Å². The largest absolute Gasteiger partial charge is 0.495 e. The molecule has 0 aliphatic carbocycles. The Labute approximate surface area is 127 Å². The first-order valence-corrected chi connectivity index (χ1v) is 6.74. The van der Waals surface area contributed by atoms with Crippen LogP contribution in [0.3, 0.4) is 0 Å². The normalized spacial score (nSPS) is 12.3. The maximum absolute atomic E-state index is 14.0. The molecule has 0 aliphatic heterocycles. The van der Waals surface area contributed by atoms with E-state index in [4.69, 9.17) is 33.7 Å². The summed E-state index contributed by atoms with van der Waals surface area (Å²) in [7, 11) is 1.50. The molecule has 2 aromatic carbocycles. The summed E-state index contributed by atoms with van der Waals surface area (Å²) in [6.45, 7) is 1.82. The number of hydrogen-bond donors (Lipinski definition) is 1. The van der Waals surface area contributed by atoms with Crippen molar-refractivity contribution in [3.63, 3.8) is 0 Å². The van der Waals surface area contributed by atoms with Crippen LogP contribution < -0.4 is 10.5 Å². The quantitative estimate of drug-likeness (QED) is 0.905. The Morgan fingerprint density at radius 1 is 1.10 bits per heavy atom. The number of ether oxygens (including phenoxy) is 1. The molecule has 0 spiro atoms. The number of nitrogens with two attached hydrogens (primary N) is 1. The van der Waals surface area contributed by atoms with Gasteiger partial charge < -0.3 is 10.5 Å². The van der Waals surface area contributed by atoms with Crippen LogP contribution in [0, 0.1) is 12.7 Å². The number of rotatable bonds is 3. The fourth-order valence-corrected chi connectivity index (χ4v) is 2.51. The third-order valence-electron chi connectivity index (χ3n) is 3.10. The van der Waals surface area contributed by atoms with Crippen LogP contribution in [-0.4, -0.2) is 7.11 Å². The van der Waals surface area contributed by atoms with Gasteiger partial charge in [0, 0.05) is 16.7 Å². The maximum Gasteiger partial charge on any atom is 0.138 e. The monoisotopic (exact) mass is 313 g/mol. The van der Waals surface area contributed by atoms with Gasteiger partial charge in [-0.1, -0.05) is 35.3 Å². The van der Waals surface area contributed by atoms with Gasteiger partial charge in [-0.2, -0.15) is 0 Å². The predicted molar refractivity (Wildman–Crippen MR) is 80.2 cm³/mol. The van der Waals surface area contributed by atoms with Crippen LogP contribution in [0.1, 0.15) is 22.7 Å². The molecular formula is C15H14Cl2FNO. The summed E-state index contributed by atoms with van der Waals surface area (Å²) in [6, 6.07) is 7.39. The molecule has 0 aliphatic rings. The molecule has 0 aromatic heterocycles. The van der Waals surface area contributed by atoms with Gasteiger partial charge in [-0.05, 0) is 30.2 Å². The molecule has 0 amide bonds. The first-order valence-electron chi connectivity index (χ1n) is 5.98. The predicted octanol–water partition coefficient (Wildman–Crippen LogP) is 4.50. The maximum atomic E-state index is 14.0. The second-order valence-corrected chi connectivity index (χ2v) is 5.33. The highest BCUT2D eigenvalue weighted by molar-refractivity contribution is 6.34. The van der Waals surface area contributed by atoms with Gasteiger partial charge in [-0.3, -0.25) is 0 Å². The van der Waals surface area contributed by atoms with E-state index in [0.29, 0.717) is 26.9 Å². The van der Waals surface area contributed by atoms with Crippen LogP contribution in [0.2, 0.25) is 10.0 Å². The number of hydrogen-bond acceptors (Lipinski definition) is 2. The van der Waals surface area contributed by atoms with Crippen LogP contribution >= 0.6 is 23.2 Å². The van der Waals surface area contributed by atoms with Crippen molar-refractivity contribution in [2.24, 2.45) is 5.73 Å². The molecule has 1 atom stereocenters. The lowest BCUT2D eigenvalue weighted by Crippen LogP contribution is -2.14. The molecule has 2 nitrogen and oxygen atoms in total. The Kier molecular flexibility index (Phi) is 4.53. The average molecular weight is 314 g/mol. The molecule has 0 heterocycles. The van der Waals surface area contributed by atoms with Crippen LogP contribution in [-0.2, 0) is 0 Å². The highest BCUT2D eigenvalue weighted by Gasteiger charge is 2.18. The standard InChI is InChI=1S/C15H14Cl2FNO/c1-8-3-4-9(13(18)5-8)15(19)10-6-12(17)14(20-2)7-11(10)16/h3-7,15H,19H2,1-2H3. The van der Waals surface area contributed by atoms with Gasteiger partial charge in [-0.15, -0.1) is 0 Å². The fraction of sp³-hybridized carbons (Fsp3) is 0.200. The summed E-state index contributed by atoms with van der Waals surface area (Å²) in [4.78, 5) is 0. The molecule has 0 radical (unpaired) electrons. The Hall–Kier alpha value is -1.29. The van der Waals surface area contributed by atoms with E-state index in [9.17, 15) is 4.39 Å². The van der Waals surface area contributed by atoms with E-state index in [0.717, 1.165) is 5.56 Å². The molecule has 0 saturated carbocycles. The minimum atomic E-state index is -0.688. The molecule has 1 unspecified atom stereocenters. The van der Waals surface area contributed by atoms with Crippen molar-refractivity contribution >= 4 is 23.2 Å². The lowest BCUT2D eigenvalue weighted by Gasteiger charge is -2.17. The van der Waals surface area contributed by atoms with Crippen molar-refractivity contribution in [2.75, 3.05) is 7.11 Å².